The molecular weight excluding hydrogens is 372 g/mol. The maximum Gasteiger partial charge on any atom is 0.254 e. The highest BCUT2D eigenvalue weighted by atomic mass is 16.2. The first-order valence-corrected chi connectivity index (χ1v) is 11.5. The third-order valence-corrected chi connectivity index (χ3v) is 7.33. The summed E-state index contributed by atoms with van der Waals surface area (Å²) in [5, 5.41) is 3.33. The zero-order valence-electron chi connectivity index (χ0n) is 17.4. The first-order chi connectivity index (χ1) is 14.7. The molecule has 1 heterocycles. The van der Waals surface area contributed by atoms with Crippen LogP contribution in [0.15, 0.2) is 54.6 Å². The number of hydrogen-bond donors (Lipinski definition) is 1. The lowest BCUT2D eigenvalue weighted by Gasteiger charge is -2.34. The molecule has 30 heavy (non-hydrogen) atoms. The Hall–Kier alpha value is -2.62. The van der Waals surface area contributed by atoms with Crippen LogP contribution in [0.2, 0.25) is 0 Å². The Balaban J connectivity index is 1.40. The zero-order chi connectivity index (χ0) is 20.5. The van der Waals surface area contributed by atoms with Gasteiger partial charge in [-0.1, -0.05) is 55.3 Å². The predicted molar refractivity (Wildman–Crippen MR) is 117 cm³/mol. The lowest BCUT2D eigenvalue weighted by molar-refractivity contribution is -0.126. The average Bonchev–Trinajstić information content (AvgIpc) is 3.19. The SMILES string of the molecule is O=C(NC1CCCc2ccccc21)C1CC2CCCCC2N1C(=O)c1ccccc1. The van der Waals surface area contributed by atoms with E-state index in [0.29, 0.717) is 11.5 Å². The van der Waals surface area contributed by atoms with E-state index < -0.39 is 0 Å². The van der Waals surface area contributed by atoms with Gasteiger partial charge >= 0.3 is 0 Å². The second-order valence-electron chi connectivity index (χ2n) is 9.09. The molecule has 5 rings (SSSR count). The number of aryl methyl sites for hydroxylation is 1. The maximum atomic E-state index is 13.5. The van der Waals surface area contributed by atoms with Crippen LogP contribution < -0.4 is 5.32 Å². The van der Waals surface area contributed by atoms with Gasteiger partial charge in [0.25, 0.3) is 5.91 Å². The minimum absolute atomic E-state index is 0.00851. The third-order valence-electron chi connectivity index (χ3n) is 7.33. The maximum absolute atomic E-state index is 13.5. The number of hydrogen-bond acceptors (Lipinski definition) is 2. The summed E-state index contributed by atoms with van der Waals surface area (Å²) in [6.45, 7) is 0. The summed E-state index contributed by atoms with van der Waals surface area (Å²) in [7, 11) is 0. The minimum Gasteiger partial charge on any atom is -0.347 e. The van der Waals surface area contributed by atoms with E-state index in [4.69, 9.17) is 0 Å². The molecule has 4 unspecified atom stereocenters. The second kappa shape index (κ2) is 8.25. The quantitative estimate of drug-likeness (QED) is 0.812. The number of benzene rings is 2. The zero-order valence-corrected chi connectivity index (χ0v) is 17.4. The highest BCUT2D eigenvalue weighted by molar-refractivity contribution is 5.98. The highest BCUT2D eigenvalue weighted by Crippen LogP contribution is 2.41. The Morgan fingerprint density at radius 1 is 0.867 bits per heavy atom. The monoisotopic (exact) mass is 402 g/mol. The Kier molecular flexibility index (Phi) is 5.32. The summed E-state index contributed by atoms with van der Waals surface area (Å²) in [6, 6.07) is 17.8. The molecule has 0 radical (unpaired) electrons. The smallest absolute Gasteiger partial charge is 0.254 e. The molecule has 3 aliphatic rings. The van der Waals surface area contributed by atoms with Crippen molar-refractivity contribution in [1.29, 1.82) is 0 Å². The van der Waals surface area contributed by atoms with Gasteiger partial charge in [-0.05, 0) is 67.7 Å². The summed E-state index contributed by atoms with van der Waals surface area (Å²) < 4.78 is 0. The number of nitrogens with zero attached hydrogens (tertiary/aromatic N) is 1. The van der Waals surface area contributed by atoms with Gasteiger partial charge in [-0.25, -0.2) is 0 Å². The summed E-state index contributed by atoms with van der Waals surface area (Å²) in [4.78, 5) is 28.9. The Morgan fingerprint density at radius 2 is 1.63 bits per heavy atom. The van der Waals surface area contributed by atoms with E-state index in [1.54, 1.807) is 0 Å². The molecule has 1 aliphatic heterocycles. The van der Waals surface area contributed by atoms with Crippen LogP contribution in [0.5, 0.6) is 0 Å². The number of likely N-dealkylation sites (tertiary alicyclic amines) is 1. The van der Waals surface area contributed by atoms with Crippen LogP contribution in [-0.2, 0) is 11.2 Å². The number of nitrogens with one attached hydrogen (secondary N) is 1. The molecular formula is C26H30N2O2. The lowest BCUT2D eigenvalue weighted by atomic mass is 9.84. The van der Waals surface area contributed by atoms with Crippen LogP contribution in [0.25, 0.3) is 0 Å². The summed E-state index contributed by atoms with van der Waals surface area (Å²) in [5.41, 5.74) is 3.27. The number of carbonyl (C=O) groups is 2. The van der Waals surface area contributed by atoms with Crippen molar-refractivity contribution in [2.45, 2.75) is 69.5 Å². The van der Waals surface area contributed by atoms with E-state index in [0.717, 1.165) is 44.9 Å². The molecule has 2 aliphatic carbocycles. The van der Waals surface area contributed by atoms with Gasteiger partial charge in [0.05, 0.1) is 6.04 Å². The molecule has 2 fully saturated rings. The third kappa shape index (κ3) is 3.53. The van der Waals surface area contributed by atoms with Gasteiger partial charge in [0.15, 0.2) is 0 Å². The summed E-state index contributed by atoms with van der Waals surface area (Å²) in [6.07, 6.45) is 8.42. The van der Waals surface area contributed by atoms with Gasteiger partial charge in [-0.15, -0.1) is 0 Å². The van der Waals surface area contributed by atoms with Crippen molar-refractivity contribution in [3.63, 3.8) is 0 Å². The second-order valence-corrected chi connectivity index (χ2v) is 9.09. The number of fused-ring (bicyclic) bond motifs is 2. The average molecular weight is 403 g/mol. The van der Waals surface area contributed by atoms with Crippen molar-refractivity contribution in [2.75, 3.05) is 0 Å². The van der Waals surface area contributed by atoms with Gasteiger partial charge in [0.1, 0.15) is 6.04 Å². The van der Waals surface area contributed by atoms with Crippen LogP contribution in [0, 0.1) is 5.92 Å². The Bertz CT molecular complexity index is 926. The number of carbonyl (C=O) groups excluding carboxylic acids is 2. The van der Waals surface area contributed by atoms with Crippen LogP contribution >= 0.6 is 0 Å². The van der Waals surface area contributed by atoms with Gasteiger partial charge in [-0.2, -0.15) is 0 Å². The van der Waals surface area contributed by atoms with Gasteiger partial charge in [0.2, 0.25) is 5.91 Å². The lowest BCUT2D eigenvalue weighted by Crippen LogP contribution is -2.50. The predicted octanol–water partition coefficient (Wildman–Crippen LogP) is 4.65. The molecule has 0 spiro atoms. The molecule has 0 aromatic heterocycles. The molecule has 4 nitrogen and oxygen atoms in total. The molecule has 4 atom stereocenters. The normalized spacial score (nSPS) is 27.8. The van der Waals surface area contributed by atoms with E-state index in [2.05, 4.69) is 29.6 Å². The van der Waals surface area contributed by atoms with Crippen molar-refractivity contribution in [1.82, 2.24) is 10.2 Å². The molecule has 4 heteroatoms. The molecule has 1 N–H and O–H groups in total. The van der Waals surface area contributed by atoms with E-state index in [1.165, 1.54) is 17.5 Å². The molecule has 0 bridgehead atoms. The van der Waals surface area contributed by atoms with E-state index in [-0.39, 0.29) is 29.9 Å². The molecule has 156 valence electrons. The summed E-state index contributed by atoms with van der Waals surface area (Å²) >= 11 is 0. The number of rotatable bonds is 3. The molecule has 2 amide bonds. The summed E-state index contributed by atoms with van der Waals surface area (Å²) in [5.74, 6) is 0.477. The molecule has 2 aromatic carbocycles. The van der Waals surface area contributed by atoms with Crippen molar-refractivity contribution < 1.29 is 9.59 Å². The van der Waals surface area contributed by atoms with Gasteiger partial charge in [-0.3, -0.25) is 9.59 Å². The van der Waals surface area contributed by atoms with Crippen molar-refractivity contribution in [3.8, 4) is 0 Å². The fourth-order valence-corrected chi connectivity index (χ4v) is 5.89. The van der Waals surface area contributed by atoms with Gasteiger partial charge in [0, 0.05) is 11.6 Å². The topological polar surface area (TPSA) is 49.4 Å². The van der Waals surface area contributed by atoms with E-state index in [9.17, 15) is 9.59 Å². The first kappa shape index (κ1) is 19.3. The van der Waals surface area contributed by atoms with Crippen LogP contribution in [0.4, 0.5) is 0 Å². The standard InChI is InChI=1S/C26H30N2O2/c29-25(27-22-15-8-13-18-9-4-6-14-21(18)22)24-17-20-12-5-7-16-23(20)28(24)26(30)19-10-2-1-3-11-19/h1-4,6,9-11,14,20,22-24H,5,7-8,12-13,15-17H2,(H,27,29). The largest absolute Gasteiger partial charge is 0.347 e. The van der Waals surface area contributed by atoms with E-state index >= 15 is 0 Å². The fourth-order valence-electron chi connectivity index (χ4n) is 5.89. The highest BCUT2D eigenvalue weighted by Gasteiger charge is 2.47. The van der Waals surface area contributed by atoms with Crippen molar-refractivity contribution >= 4 is 11.8 Å². The number of amides is 2. The molecule has 1 saturated carbocycles. The first-order valence-electron chi connectivity index (χ1n) is 11.5. The van der Waals surface area contributed by atoms with Gasteiger partial charge < -0.3 is 10.2 Å². The molecule has 1 saturated heterocycles. The Labute approximate surface area is 178 Å². The van der Waals surface area contributed by atoms with Crippen LogP contribution in [0.3, 0.4) is 0 Å². The van der Waals surface area contributed by atoms with Crippen molar-refractivity contribution in [3.05, 3.63) is 71.3 Å². The minimum atomic E-state index is -0.361. The van der Waals surface area contributed by atoms with Crippen molar-refractivity contribution in [2.24, 2.45) is 5.92 Å². The van der Waals surface area contributed by atoms with Crippen LogP contribution in [-0.4, -0.2) is 28.8 Å². The fraction of sp³-hybridized carbons (Fsp3) is 0.462. The van der Waals surface area contributed by atoms with E-state index in [1.807, 2.05) is 35.2 Å². The Morgan fingerprint density at radius 3 is 2.50 bits per heavy atom. The van der Waals surface area contributed by atoms with Crippen LogP contribution in [0.1, 0.15) is 72.5 Å². The molecule has 2 aromatic rings.